The zero-order valence-corrected chi connectivity index (χ0v) is 13.0. The SMILES string of the molecule is Cc1[c-][n+](-c2nccc3cc(C(C)C)ccc23)cc(C)c1. The highest BCUT2D eigenvalue weighted by Gasteiger charge is 2.09. The number of benzene rings is 1. The molecule has 2 nitrogen and oxygen atoms in total. The summed E-state index contributed by atoms with van der Waals surface area (Å²) in [5, 5.41) is 2.39. The summed E-state index contributed by atoms with van der Waals surface area (Å²) in [5.74, 6) is 1.47. The molecular weight excluding hydrogens is 256 g/mol. The standard InChI is InChI=1S/C19H20N2/c1-13(2)16-5-6-18-17(10-16)7-8-20-19(18)21-11-14(3)9-15(4)12-21/h5-11,13H,1-4H3. The Morgan fingerprint density at radius 1 is 1.10 bits per heavy atom. The van der Waals surface area contributed by atoms with Gasteiger partial charge in [0.25, 0.3) is 5.82 Å². The molecule has 0 aliphatic carbocycles. The van der Waals surface area contributed by atoms with E-state index in [9.17, 15) is 0 Å². The number of rotatable bonds is 2. The van der Waals surface area contributed by atoms with Gasteiger partial charge in [-0.15, -0.1) is 6.07 Å². The molecular formula is C19H20N2. The van der Waals surface area contributed by atoms with Crippen LogP contribution >= 0.6 is 0 Å². The lowest BCUT2D eigenvalue weighted by Crippen LogP contribution is -2.32. The first-order chi connectivity index (χ1) is 10.0. The van der Waals surface area contributed by atoms with E-state index < -0.39 is 0 Å². The van der Waals surface area contributed by atoms with Crippen LogP contribution in [-0.4, -0.2) is 4.98 Å². The number of pyridine rings is 2. The second kappa shape index (κ2) is 5.28. The highest BCUT2D eigenvalue weighted by Crippen LogP contribution is 2.23. The lowest BCUT2D eigenvalue weighted by Gasteiger charge is -2.11. The molecule has 0 fully saturated rings. The van der Waals surface area contributed by atoms with Crippen LogP contribution in [0.4, 0.5) is 0 Å². The molecule has 0 aliphatic heterocycles. The number of hydrogen-bond acceptors (Lipinski definition) is 1. The first-order valence-electron chi connectivity index (χ1n) is 7.36. The van der Waals surface area contributed by atoms with Crippen molar-refractivity contribution in [2.45, 2.75) is 33.6 Å². The molecule has 2 heteroatoms. The van der Waals surface area contributed by atoms with Crippen LogP contribution in [0.25, 0.3) is 16.6 Å². The van der Waals surface area contributed by atoms with Crippen LogP contribution in [0.3, 0.4) is 0 Å². The maximum absolute atomic E-state index is 4.57. The number of nitrogens with zero attached hydrogens (tertiary/aromatic N) is 2. The van der Waals surface area contributed by atoms with Crippen molar-refractivity contribution < 1.29 is 4.57 Å². The summed E-state index contributed by atoms with van der Waals surface area (Å²) in [6.45, 7) is 8.59. The van der Waals surface area contributed by atoms with Crippen LogP contribution in [0.1, 0.15) is 36.5 Å². The van der Waals surface area contributed by atoms with Gasteiger partial charge in [0.15, 0.2) is 0 Å². The molecule has 2 aromatic heterocycles. The Morgan fingerprint density at radius 3 is 2.62 bits per heavy atom. The largest absolute Gasteiger partial charge is 0.321 e. The third kappa shape index (κ3) is 2.66. The van der Waals surface area contributed by atoms with Gasteiger partial charge in [0.05, 0.1) is 0 Å². The van der Waals surface area contributed by atoms with Crippen LogP contribution in [-0.2, 0) is 0 Å². The molecule has 0 saturated heterocycles. The number of aromatic nitrogens is 2. The fraction of sp³-hybridized carbons (Fsp3) is 0.263. The lowest BCUT2D eigenvalue weighted by atomic mass is 10.00. The molecule has 0 radical (unpaired) electrons. The third-order valence-electron chi connectivity index (χ3n) is 3.74. The molecule has 0 aliphatic rings. The molecule has 0 N–H and O–H groups in total. The molecule has 0 unspecified atom stereocenters. The van der Waals surface area contributed by atoms with Gasteiger partial charge in [-0.2, -0.15) is 0 Å². The van der Waals surface area contributed by atoms with Gasteiger partial charge in [0.2, 0.25) is 0 Å². The van der Waals surface area contributed by atoms with Gasteiger partial charge in [-0.1, -0.05) is 62.0 Å². The fourth-order valence-corrected chi connectivity index (χ4v) is 2.68. The van der Waals surface area contributed by atoms with E-state index in [1.165, 1.54) is 16.5 Å². The van der Waals surface area contributed by atoms with Crippen LogP contribution in [0, 0.1) is 20.0 Å². The summed E-state index contributed by atoms with van der Waals surface area (Å²) in [5.41, 5.74) is 3.69. The summed E-state index contributed by atoms with van der Waals surface area (Å²) < 4.78 is 2.00. The van der Waals surface area contributed by atoms with Crippen molar-refractivity contribution in [1.29, 1.82) is 0 Å². The third-order valence-corrected chi connectivity index (χ3v) is 3.74. The first-order valence-corrected chi connectivity index (χ1v) is 7.36. The van der Waals surface area contributed by atoms with Crippen LogP contribution in [0.2, 0.25) is 0 Å². The minimum Gasteiger partial charge on any atom is -0.321 e. The summed E-state index contributed by atoms with van der Waals surface area (Å²) in [7, 11) is 0. The monoisotopic (exact) mass is 276 g/mol. The second-order valence-corrected chi connectivity index (χ2v) is 5.95. The average molecular weight is 276 g/mol. The quantitative estimate of drug-likeness (QED) is 0.509. The molecule has 3 aromatic rings. The number of aryl methyl sites for hydroxylation is 2. The minimum absolute atomic E-state index is 0.534. The van der Waals surface area contributed by atoms with Crippen molar-refractivity contribution in [3.05, 3.63) is 65.6 Å². The molecule has 0 atom stereocenters. The van der Waals surface area contributed by atoms with Gasteiger partial charge in [-0.25, -0.2) is 0 Å². The molecule has 0 bridgehead atoms. The smallest absolute Gasteiger partial charge is 0.255 e. The number of hydrogen-bond donors (Lipinski definition) is 0. The lowest BCUT2D eigenvalue weighted by molar-refractivity contribution is -0.603. The van der Waals surface area contributed by atoms with Gasteiger partial charge in [-0.05, 0) is 22.9 Å². The van der Waals surface area contributed by atoms with E-state index in [-0.39, 0.29) is 0 Å². The Hall–Kier alpha value is -2.22. The predicted octanol–water partition coefficient (Wildman–Crippen LogP) is 4.05. The molecule has 2 heterocycles. The topological polar surface area (TPSA) is 16.8 Å². The Morgan fingerprint density at radius 2 is 1.90 bits per heavy atom. The average Bonchev–Trinajstić information content (AvgIpc) is 2.45. The Bertz CT molecular complexity index is 784. The normalized spacial score (nSPS) is 11.3. The summed E-state index contributed by atoms with van der Waals surface area (Å²) in [6, 6.07) is 10.8. The van der Waals surface area contributed by atoms with E-state index in [4.69, 9.17) is 0 Å². The van der Waals surface area contributed by atoms with Gasteiger partial charge >= 0.3 is 0 Å². The van der Waals surface area contributed by atoms with Crippen molar-refractivity contribution in [3.8, 4) is 5.82 Å². The fourth-order valence-electron chi connectivity index (χ4n) is 2.68. The molecule has 106 valence electrons. The van der Waals surface area contributed by atoms with E-state index in [2.05, 4.69) is 75.4 Å². The zero-order chi connectivity index (χ0) is 15.0. The van der Waals surface area contributed by atoms with Crippen LogP contribution in [0.15, 0.2) is 42.7 Å². The molecule has 0 spiro atoms. The van der Waals surface area contributed by atoms with Crippen LogP contribution in [0.5, 0.6) is 0 Å². The van der Waals surface area contributed by atoms with Crippen molar-refractivity contribution in [1.82, 2.24) is 4.98 Å². The van der Waals surface area contributed by atoms with Crippen molar-refractivity contribution >= 4 is 10.8 Å². The van der Waals surface area contributed by atoms with Crippen molar-refractivity contribution in [2.24, 2.45) is 0 Å². The maximum atomic E-state index is 4.57. The molecule has 21 heavy (non-hydrogen) atoms. The van der Waals surface area contributed by atoms with E-state index in [1.54, 1.807) is 0 Å². The number of fused-ring (bicyclic) bond motifs is 1. The van der Waals surface area contributed by atoms with E-state index in [0.29, 0.717) is 5.92 Å². The summed E-state index contributed by atoms with van der Waals surface area (Å²) >= 11 is 0. The molecule has 0 saturated carbocycles. The zero-order valence-electron chi connectivity index (χ0n) is 13.0. The molecule has 1 aromatic carbocycles. The van der Waals surface area contributed by atoms with Gasteiger partial charge in [0, 0.05) is 17.8 Å². The van der Waals surface area contributed by atoms with E-state index in [0.717, 1.165) is 16.8 Å². The van der Waals surface area contributed by atoms with Crippen LogP contribution < -0.4 is 4.57 Å². The van der Waals surface area contributed by atoms with Crippen molar-refractivity contribution in [2.75, 3.05) is 0 Å². The van der Waals surface area contributed by atoms with E-state index in [1.807, 2.05) is 10.8 Å². The van der Waals surface area contributed by atoms with E-state index >= 15 is 0 Å². The second-order valence-electron chi connectivity index (χ2n) is 5.95. The Balaban J connectivity index is 2.23. The highest BCUT2D eigenvalue weighted by molar-refractivity contribution is 5.87. The Kier molecular flexibility index (Phi) is 3.46. The first kappa shape index (κ1) is 13.7. The maximum Gasteiger partial charge on any atom is 0.255 e. The van der Waals surface area contributed by atoms with Gasteiger partial charge in [-0.3, -0.25) is 0 Å². The Labute approximate surface area is 126 Å². The predicted molar refractivity (Wildman–Crippen MR) is 85.7 cm³/mol. The highest BCUT2D eigenvalue weighted by atomic mass is 15.0. The summed E-state index contributed by atoms with van der Waals surface area (Å²) in [4.78, 5) is 4.57. The summed E-state index contributed by atoms with van der Waals surface area (Å²) in [6.07, 6.45) is 7.30. The minimum atomic E-state index is 0.534. The molecule has 0 amide bonds. The van der Waals surface area contributed by atoms with Crippen molar-refractivity contribution in [3.63, 3.8) is 0 Å². The van der Waals surface area contributed by atoms with Gasteiger partial charge < -0.3 is 4.57 Å². The molecule has 3 rings (SSSR count). The van der Waals surface area contributed by atoms with Gasteiger partial charge in [0.1, 0.15) is 6.20 Å².